The number of nitrogens with zero attached hydrogens (tertiary/aromatic N) is 1. The Balaban J connectivity index is 0.00000210. The van der Waals surface area contributed by atoms with Gasteiger partial charge in [0.05, 0.1) is 11.7 Å². The minimum absolute atomic E-state index is 0. The zero-order valence-corrected chi connectivity index (χ0v) is 16.9. The van der Waals surface area contributed by atoms with E-state index in [9.17, 15) is 4.79 Å². The van der Waals surface area contributed by atoms with E-state index < -0.39 is 6.04 Å². The van der Waals surface area contributed by atoms with Gasteiger partial charge in [-0.2, -0.15) is 0 Å². The molecule has 1 aromatic heterocycles. The number of nitrogens with one attached hydrogen (secondary N) is 1. The summed E-state index contributed by atoms with van der Waals surface area (Å²) in [6, 6.07) is 10.2. The van der Waals surface area contributed by atoms with Crippen molar-refractivity contribution in [3.8, 4) is 0 Å². The minimum Gasteiger partial charge on any atom is -0.381 e. The second-order valence-electron chi connectivity index (χ2n) is 7.20. The highest BCUT2D eigenvalue weighted by Crippen LogP contribution is 2.37. The van der Waals surface area contributed by atoms with Crippen molar-refractivity contribution < 1.29 is 9.53 Å². The van der Waals surface area contributed by atoms with Gasteiger partial charge in [0.15, 0.2) is 5.13 Å². The van der Waals surface area contributed by atoms with Crippen LogP contribution in [-0.4, -0.2) is 30.1 Å². The van der Waals surface area contributed by atoms with Crippen LogP contribution in [0.2, 0.25) is 0 Å². The number of thiazole rings is 1. The number of nitrogens with two attached hydrogens (primary N) is 1. The molecule has 0 spiro atoms. The molecule has 1 aromatic carbocycles. The molecule has 7 heteroatoms. The van der Waals surface area contributed by atoms with Crippen molar-refractivity contribution in [1.29, 1.82) is 0 Å². The molecule has 5 nitrogen and oxygen atoms in total. The lowest BCUT2D eigenvalue weighted by molar-refractivity contribution is -0.119. The Kier molecular flexibility index (Phi) is 6.87. The fraction of sp³-hybridized carbons (Fsp3) is 0.500. The molecule has 2 unspecified atom stereocenters. The fourth-order valence-corrected chi connectivity index (χ4v) is 5.01. The number of benzene rings is 1. The van der Waals surface area contributed by atoms with E-state index in [0.717, 1.165) is 37.8 Å². The van der Waals surface area contributed by atoms with Gasteiger partial charge >= 0.3 is 0 Å². The quantitative estimate of drug-likeness (QED) is 0.812. The predicted octanol–water partition coefficient (Wildman–Crippen LogP) is 3.53. The molecule has 0 bridgehead atoms. The molecule has 2 atom stereocenters. The summed E-state index contributed by atoms with van der Waals surface area (Å²) in [7, 11) is 0. The summed E-state index contributed by atoms with van der Waals surface area (Å²) in [6.07, 6.45) is 4.77. The van der Waals surface area contributed by atoms with Crippen LogP contribution < -0.4 is 11.1 Å². The molecule has 2 heterocycles. The van der Waals surface area contributed by atoms with E-state index >= 15 is 0 Å². The van der Waals surface area contributed by atoms with Crippen molar-refractivity contribution in [2.45, 2.75) is 44.1 Å². The molecular weight excluding hydrogens is 382 g/mol. The maximum Gasteiger partial charge on any atom is 0.243 e. The normalized spacial score (nSPS) is 21.0. The highest BCUT2D eigenvalue weighted by Gasteiger charge is 2.28. The predicted molar refractivity (Wildman–Crippen MR) is 111 cm³/mol. The topological polar surface area (TPSA) is 77.2 Å². The number of fused-ring (bicyclic) bond motifs is 1. The number of carbonyl (C=O) groups excluding carboxylic acids is 1. The van der Waals surface area contributed by atoms with Crippen LogP contribution in [0.15, 0.2) is 30.3 Å². The van der Waals surface area contributed by atoms with Crippen molar-refractivity contribution >= 4 is 34.8 Å². The Hall–Kier alpha value is -1.47. The van der Waals surface area contributed by atoms with E-state index in [0.29, 0.717) is 24.3 Å². The summed E-state index contributed by atoms with van der Waals surface area (Å²) >= 11 is 1.60. The Labute approximate surface area is 170 Å². The molecule has 1 fully saturated rings. The van der Waals surface area contributed by atoms with Gasteiger partial charge in [-0.25, -0.2) is 4.98 Å². The number of aromatic nitrogens is 1. The SMILES string of the molecule is Cl.NC(C(=O)Nc1nc2c(s1)CC(c1ccccc1)CC2)C1CCOCC1. The molecule has 0 saturated carbocycles. The van der Waals surface area contributed by atoms with E-state index in [2.05, 4.69) is 40.6 Å². The van der Waals surface area contributed by atoms with Crippen molar-refractivity contribution in [1.82, 2.24) is 4.98 Å². The highest BCUT2D eigenvalue weighted by atomic mass is 35.5. The van der Waals surface area contributed by atoms with Crippen LogP contribution in [0, 0.1) is 5.92 Å². The van der Waals surface area contributed by atoms with Crippen LogP contribution in [0.25, 0.3) is 0 Å². The van der Waals surface area contributed by atoms with Crippen LogP contribution in [-0.2, 0) is 22.4 Å². The van der Waals surface area contributed by atoms with Crippen LogP contribution in [0.4, 0.5) is 5.13 Å². The van der Waals surface area contributed by atoms with E-state index in [1.807, 2.05) is 0 Å². The van der Waals surface area contributed by atoms with Gasteiger partial charge in [0.1, 0.15) is 0 Å². The molecular formula is C20H26ClN3O2S. The number of ether oxygens (including phenoxy) is 1. The number of anilines is 1. The molecule has 3 N–H and O–H groups in total. The third kappa shape index (κ3) is 4.69. The monoisotopic (exact) mass is 407 g/mol. The number of carbonyl (C=O) groups is 1. The molecule has 146 valence electrons. The largest absolute Gasteiger partial charge is 0.381 e. The maximum atomic E-state index is 12.5. The van der Waals surface area contributed by atoms with Gasteiger partial charge in [0.2, 0.25) is 5.91 Å². The molecule has 2 aliphatic rings. The van der Waals surface area contributed by atoms with E-state index in [4.69, 9.17) is 10.5 Å². The van der Waals surface area contributed by atoms with E-state index in [-0.39, 0.29) is 24.2 Å². The van der Waals surface area contributed by atoms with Crippen LogP contribution >= 0.6 is 23.7 Å². The molecule has 4 rings (SSSR count). The molecule has 0 radical (unpaired) electrons. The first kappa shape index (κ1) is 20.3. The van der Waals surface area contributed by atoms with Crippen molar-refractivity contribution in [3.05, 3.63) is 46.5 Å². The Bertz CT molecular complexity index is 762. The summed E-state index contributed by atoms with van der Waals surface area (Å²) < 4.78 is 5.35. The first-order chi connectivity index (χ1) is 12.7. The Morgan fingerprint density at radius 1 is 1.22 bits per heavy atom. The summed E-state index contributed by atoms with van der Waals surface area (Å²) in [5.41, 5.74) is 8.69. The van der Waals surface area contributed by atoms with Gasteiger partial charge in [-0.1, -0.05) is 30.3 Å². The zero-order chi connectivity index (χ0) is 17.9. The number of amides is 1. The summed E-state index contributed by atoms with van der Waals surface area (Å²) in [4.78, 5) is 18.4. The van der Waals surface area contributed by atoms with Crippen molar-refractivity contribution in [3.63, 3.8) is 0 Å². The molecule has 2 aromatic rings. The van der Waals surface area contributed by atoms with Crippen LogP contribution in [0.5, 0.6) is 0 Å². The van der Waals surface area contributed by atoms with E-state index in [1.165, 1.54) is 10.4 Å². The average molecular weight is 408 g/mol. The third-order valence-electron chi connectivity index (χ3n) is 5.52. The molecule has 1 amide bonds. The van der Waals surface area contributed by atoms with Crippen LogP contribution in [0.1, 0.15) is 41.3 Å². The van der Waals surface area contributed by atoms with Gasteiger partial charge < -0.3 is 15.8 Å². The lowest BCUT2D eigenvalue weighted by Crippen LogP contribution is -2.43. The Morgan fingerprint density at radius 2 is 1.96 bits per heavy atom. The average Bonchev–Trinajstić information content (AvgIpc) is 3.10. The van der Waals surface area contributed by atoms with Crippen molar-refractivity contribution in [2.75, 3.05) is 18.5 Å². The number of hydrogen-bond donors (Lipinski definition) is 2. The molecule has 27 heavy (non-hydrogen) atoms. The standard InChI is InChI=1S/C20H25N3O2S.ClH/c21-18(14-8-10-25-11-9-14)19(24)23-20-22-16-7-6-15(12-17(16)26-20)13-4-2-1-3-5-13;/h1-5,14-15,18H,6-12,21H2,(H,22,23,24);1H. The first-order valence-electron chi connectivity index (χ1n) is 9.38. The summed E-state index contributed by atoms with van der Waals surface area (Å²) in [6.45, 7) is 1.39. The maximum absolute atomic E-state index is 12.5. The first-order valence-corrected chi connectivity index (χ1v) is 10.2. The second kappa shape index (κ2) is 9.15. The van der Waals surface area contributed by atoms with Gasteiger partial charge in [0.25, 0.3) is 0 Å². The van der Waals surface area contributed by atoms with Gasteiger partial charge in [-0.3, -0.25) is 4.79 Å². The lowest BCUT2D eigenvalue weighted by Gasteiger charge is -2.26. The second-order valence-corrected chi connectivity index (χ2v) is 8.29. The molecule has 1 aliphatic heterocycles. The fourth-order valence-electron chi connectivity index (χ4n) is 3.92. The zero-order valence-electron chi connectivity index (χ0n) is 15.2. The summed E-state index contributed by atoms with van der Waals surface area (Å²) in [5.74, 6) is 0.612. The molecule has 1 aliphatic carbocycles. The molecule has 1 saturated heterocycles. The third-order valence-corrected chi connectivity index (χ3v) is 6.55. The number of aryl methyl sites for hydroxylation is 1. The van der Waals surface area contributed by atoms with Crippen molar-refractivity contribution in [2.24, 2.45) is 11.7 Å². The van der Waals surface area contributed by atoms with Gasteiger partial charge in [-0.15, -0.1) is 23.7 Å². The van der Waals surface area contributed by atoms with Crippen LogP contribution in [0.3, 0.4) is 0 Å². The van der Waals surface area contributed by atoms with Gasteiger partial charge in [-0.05, 0) is 49.5 Å². The number of halogens is 1. The smallest absolute Gasteiger partial charge is 0.243 e. The highest BCUT2D eigenvalue weighted by molar-refractivity contribution is 7.15. The summed E-state index contributed by atoms with van der Waals surface area (Å²) in [5, 5.41) is 3.64. The Morgan fingerprint density at radius 3 is 2.70 bits per heavy atom. The number of hydrogen-bond acceptors (Lipinski definition) is 5. The minimum atomic E-state index is -0.489. The lowest BCUT2D eigenvalue weighted by atomic mass is 9.85. The number of rotatable bonds is 4. The van der Waals surface area contributed by atoms with E-state index in [1.54, 1.807) is 11.3 Å². The van der Waals surface area contributed by atoms with Gasteiger partial charge in [0, 0.05) is 18.1 Å².